The number of amides is 1. The van der Waals surface area contributed by atoms with Gasteiger partial charge in [0.1, 0.15) is 12.9 Å². The number of nitrogens with two attached hydrogens (primary N) is 1. The van der Waals surface area contributed by atoms with Crippen molar-refractivity contribution >= 4 is 11.6 Å². The number of nitrogens with one attached hydrogen (secondary N) is 1. The van der Waals surface area contributed by atoms with Crippen molar-refractivity contribution in [3.8, 4) is 11.8 Å². The Labute approximate surface area is 116 Å². The average Bonchev–Trinajstić information content (AvgIpc) is 2.88. The molecule has 2 aromatic rings. The summed E-state index contributed by atoms with van der Waals surface area (Å²) < 4.78 is 1.35. The molecule has 0 atom stereocenters. The molecule has 0 bridgehead atoms. The van der Waals surface area contributed by atoms with Crippen molar-refractivity contribution in [1.29, 1.82) is 0 Å². The van der Waals surface area contributed by atoms with E-state index in [9.17, 15) is 4.79 Å². The lowest BCUT2D eigenvalue weighted by atomic mass is 10.1. The van der Waals surface area contributed by atoms with E-state index < -0.39 is 0 Å². The number of benzene rings is 1. The predicted octanol–water partition coefficient (Wildman–Crippen LogP) is -0.0696. The molecular formula is C13H14N6O. The second-order valence-corrected chi connectivity index (χ2v) is 4.15. The van der Waals surface area contributed by atoms with Crippen LogP contribution in [0.4, 0.5) is 5.69 Å². The lowest BCUT2D eigenvalue weighted by Gasteiger charge is -2.06. The fraction of sp³-hybridized carbons (Fsp3) is 0.231. The number of anilines is 1. The second-order valence-electron chi connectivity index (χ2n) is 4.15. The molecule has 7 heteroatoms. The van der Waals surface area contributed by atoms with Crippen molar-refractivity contribution in [2.45, 2.75) is 13.5 Å². The zero-order valence-corrected chi connectivity index (χ0v) is 11.0. The maximum atomic E-state index is 11.8. The minimum atomic E-state index is -0.208. The summed E-state index contributed by atoms with van der Waals surface area (Å²) >= 11 is 0. The molecule has 0 radical (unpaired) electrons. The Morgan fingerprint density at radius 1 is 1.45 bits per heavy atom. The van der Waals surface area contributed by atoms with Crippen LogP contribution in [0.2, 0.25) is 0 Å². The third-order valence-corrected chi connectivity index (χ3v) is 2.39. The molecule has 1 amide bonds. The van der Waals surface area contributed by atoms with Crippen LogP contribution in [0.1, 0.15) is 11.1 Å². The van der Waals surface area contributed by atoms with Crippen molar-refractivity contribution in [2.75, 3.05) is 11.9 Å². The summed E-state index contributed by atoms with van der Waals surface area (Å²) in [5.41, 5.74) is 7.85. The first-order valence-corrected chi connectivity index (χ1v) is 5.98. The number of carbonyl (C=O) groups excluding carboxylic acids is 1. The minimum Gasteiger partial charge on any atom is -0.324 e. The molecular weight excluding hydrogens is 256 g/mol. The number of nitrogens with zero attached hydrogens (tertiary/aromatic N) is 4. The first-order chi connectivity index (χ1) is 9.67. The third kappa shape index (κ3) is 3.90. The summed E-state index contributed by atoms with van der Waals surface area (Å²) in [6, 6.07) is 5.60. The molecule has 1 aromatic heterocycles. The Balaban J connectivity index is 2.08. The van der Waals surface area contributed by atoms with Crippen LogP contribution in [0, 0.1) is 18.8 Å². The van der Waals surface area contributed by atoms with Crippen LogP contribution in [0.3, 0.4) is 0 Å². The van der Waals surface area contributed by atoms with Gasteiger partial charge in [0.05, 0.1) is 6.54 Å². The Morgan fingerprint density at radius 3 is 3.00 bits per heavy atom. The maximum Gasteiger partial charge on any atom is 0.246 e. The molecule has 0 saturated carbocycles. The number of carbonyl (C=O) groups is 1. The van der Waals surface area contributed by atoms with Crippen LogP contribution in [0.15, 0.2) is 24.5 Å². The molecule has 0 unspecified atom stereocenters. The van der Waals surface area contributed by atoms with Gasteiger partial charge in [-0.05, 0) is 41.1 Å². The van der Waals surface area contributed by atoms with Crippen LogP contribution in [0.5, 0.6) is 0 Å². The highest BCUT2D eigenvalue weighted by atomic mass is 16.2. The highest BCUT2D eigenvalue weighted by Crippen LogP contribution is 2.13. The molecule has 1 aromatic carbocycles. The van der Waals surface area contributed by atoms with Crippen LogP contribution < -0.4 is 11.1 Å². The normalized spacial score (nSPS) is 9.70. The summed E-state index contributed by atoms with van der Waals surface area (Å²) in [5, 5.41) is 13.3. The molecule has 0 aliphatic rings. The van der Waals surface area contributed by atoms with Gasteiger partial charge >= 0.3 is 0 Å². The molecule has 102 valence electrons. The van der Waals surface area contributed by atoms with E-state index in [4.69, 9.17) is 5.73 Å². The number of hydrogen-bond acceptors (Lipinski definition) is 5. The van der Waals surface area contributed by atoms with Gasteiger partial charge in [0.25, 0.3) is 0 Å². The fourth-order valence-corrected chi connectivity index (χ4v) is 1.68. The standard InChI is InChI=1S/C13H14N6O/c1-10-5-11(3-2-4-14)7-12(6-10)16-13(20)8-19-9-15-17-18-19/h5-7,9H,4,8,14H2,1H3,(H,16,20). The Kier molecular flexibility index (Phi) is 4.42. The SMILES string of the molecule is Cc1cc(C#CCN)cc(NC(=O)Cn2cnnn2)c1. The Morgan fingerprint density at radius 2 is 2.30 bits per heavy atom. The van der Waals surface area contributed by atoms with Gasteiger partial charge in [0.2, 0.25) is 5.91 Å². The van der Waals surface area contributed by atoms with E-state index in [1.165, 1.54) is 11.0 Å². The van der Waals surface area contributed by atoms with Gasteiger partial charge in [0.15, 0.2) is 0 Å². The Hall–Kier alpha value is -2.72. The van der Waals surface area contributed by atoms with Crippen molar-refractivity contribution in [3.63, 3.8) is 0 Å². The van der Waals surface area contributed by atoms with Crippen LogP contribution in [-0.4, -0.2) is 32.7 Å². The van der Waals surface area contributed by atoms with E-state index in [-0.39, 0.29) is 12.5 Å². The number of tetrazole rings is 1. The summed E-state index contributed by atoms with van der Waals surface area (Å²) in [7, 11) is 0. The largest absolute Gasteiger partial charge is 0.324 e. The van der Waals surface area contributed by atoms with Crippen LogP contribution >= 0.6 is 0 Å². The monoisotopic (exact) mass is 270 g/mol. The van der Waals surface area contributed by atoms with E-state index in [1.54, 1.807) is 6.07 Å². The zero-order valence-electron chi connectivity index (χ0n) is 11.0. The van der Waals surface area contributed by atoms with Gasteiger partial charge in [0, 0.05) is 11.3 Å². The smallest absolute Gasteiger partial charge is 0.246 e. The van der Waals surface area contributed by atoms with Crippen LogP contribution in [0.25, 0.3) is 0 Å². The van der Waals surface area contributed by atoms with Gasteiger partial charge in [-0.2, -0.15) is 0 Å². The minimum absolute atomic E-state index is 0.0603. The molecule has 0 aliphatic carbocycles. The molecule has 1 heterocycles. The Bertz CT molecular complexity index is 653. The molecule has 0 aliphatic heterocycles. The van der Waals surface area contributed by atoms with E-state index in [0.29, 0.717) is 12.2 Å². The lowest BCUT2D eigenvalue weighted by Crippen LogP contribution is -2.19. The summed E-state index contributed by atoms with van der Waals surface area (Å²) in [6.45, 7) is 2.30. The molecule has 0 saturated heterocycles. The van der Waals surface area contributed by atoms with Gasteiger partial charge in [-0.25, -0.2) is 4.68 Å². The molecule has 20 heavy (non-hydrogen) atoms. The molecule has 2 rings (SSSR count). The van der Waals surface area contributed by atoms with E-state index in [1.807, 2.05) is 19.1 Å². The zero-order chi connectivity index (χ0) is 14.4. The van der Waals surface area contributed by atoms with E-state index in [2.05, 4.69) is 32.7 Å². The molecule has 0 spiro atoms. The van der Waals surface area contributed by atoms with Crippen LogP contribution in [-0.2, 0) is 11.3 Å². The maximum absolute atomic E-state index is 11.8. The van der Waals surface area contributed by atoms with Gasteiger partial charge in [-0.1, -0.05) is 11.8 Å². The highest BCUT2D eigenvalue weighted by Gasteiger charge is 2.05. The van der Waals surface area contributed by atoms with E-state index >= 15 is 0 Å². The van der Waals surface area contributed by atoms with E-state index in [0.717, 1.165) is 11.1 Å². The molecule has 7 nitrogen and oxygen atoms in total. The predicted molar refractivity (Wildman–Crippen MR) is 73.6 cm³/mol. The first kappa shape index (κ1) is 13.7. The average molecular weight is 270 g/mol. The van der Waals surface area contributed by atoms with Crippen molar-refractivity contribution < 1.29 is 4.79 Å². The van der Waals surface area contributed by atoms with Gasteiger partial charge in [-0.15, -0.1) is 5.10 Å². The fourth-order valence-electron chi connectivity index (χ4n) is 1.68. The second kappa shape index (κ2) is 6.45. The highest BCUT2D eigenvalue weighted by molar-refractivity contribution is 5.90. The number of aryl methyl sites for hydroxylation is 1. The van der Waals surface area contributed by atoms with Crippen molar-refractivity contribution in [3.05, 3.63) is 35.7 Å². The summed E-state index contributed by atoms with van der Waals surface area (Å²) in [4.78, 5) is 11.8. The molecule has 0 fully saturated rings. The topological polar surface area (TPSA) is 98.7 Å². The molecule has 3 N–H and O–H groups in total. The van der Waals surface area contributed by atoms with Crippen molar-refractivity contribution in [2.24, 2.45) is 5.73 Å². The quantitative estimate of drug-likeness (QED) is 0.761. The van der Waals surface area contributed by atoms with Crippen molar-refractivity contribution in [1.82, 2.24) is 20.2 Å². The van der Waals surface area contributed by atoms with Gasteiger partial charge in [-0.3, -0.25) is 4.79 Å². The number of aromatic nitrogens is 4. The third-order valence-electron chi connectivity index (χ3n) is 2.39. The number of hydrogen-bond donors (Lipinski definition) is 2. The number of rotatable bonds is 3. The summed E-state index contributed by atoms with van der Waals surface area (Å²) in [5.74, 6) is 5.52. The summed E-state index contributed by atoms with van der Waals surface area (Å²) in [6.07, 6.45) is 1.38. The first-order valence-electron chi connectivity index (χ1n) is 5.98. The lowest BCUT2D eigenvalue weighted by molar-refractivity contribution is -0.116. The van der Waals surface area contributed by atoms with Gasteiger partial charge < -0.3 is 11.1 Å².